The number of rotatable bonds is 4. The molecule has 0 saturated heterocycles. The van der Waals surface area contributed by atoms with Crippen LogP contribution < -0.4 is 5.32 Å². The standard InChI is InChI=1S/C37H25N3O/c1-3-12-25(13-4-1)35-38-36(26-14-5-2-6-15-26)40-37(39-35)29-22-31(28-20-19-24-11-7-8-16-27(24)21-28)34-30-17-9-10-18-32(30)41-33(34)23-29/h1-23,35H,(H,38,39,40). The molecule has 0 radical (unpaired) electrons. The molecule has 0 fully saturated rings. The van der Waals surface area contributed by atoms with Crippen molar-refractivity contribution in [3.63, 3.8) is 0 Å². The molecule has 6 aromatic carbocycles. The Morgan fingerprint density at radius 2 is 1.20 bits per heavy atom. The van der Waals surface area contributed by atoms with E-state index < -0.39 is 0 Å². The highest BCUT2D eigenvalue weighted by molar-refractivity contribution is 6.19. The monoisotopic (exact) mass is 527 g/mol. The molecule has 1 atom stereocenters. The van der Waals surface area contributed by atoms with Crippen LogP contribution in [0.15, 0.2) is 154 Å². The molecule has 0 amide bonds. The fourth-order valence-corrected chi connectivity index (χ4v) is 5.69. The zero-order valence-electron chi connectivity index (χ0n) is 22.2. The van der Waals surface area contributed by atoms with Gasteiger partial charge >= 0.3 is 0 Å². The average Bonchev–Trinajstić information content (AvgIpc) is 3.43. The maximum Gasteiger partial charge on any atom is 0.169 e. The first kappa shape index (κ1) is 23.4. The van der Waals surface area contributed by atoms with E-state index in [4.69, 9.17) is 14.4 Å². The fraction of sp³-hybridized carbons (Fsp3) is 0.0270. The van der Waals surface area contributed by atoms with Crippen molar-refractivity contribution < 1.29 is 4.42 Å². The first-order valence-corrected chi connectivity index (χ1v) is 13.8. The Balaban J connectivity index is 1.35. The van der Waals surface area contributed by atoms with E-state index in [0.29, 0.717) is 0 Å². The highest BCUT2D eigenvalue weighted by Crippen LogP contribution is 2.39. The predicted octanol–water partition coefficient (Wildman–Crippen LogP) is 8.90. The molecule has 4 nitrogen and oxygen atoms in total. The third-order valence-corrected chi connectivity index (χ3v) is 7.70. The number of aliphatic imine (C=N–C) groups is 2. The van der Waals surface area contributed by atoms with Crippen molar-refractivity contribution in [3.8, 4) is 11.1 Å². The summed E-state index contributed by atoms with van der Waals surface area (Å²) in [5, 5.41) is 8.17. The van der Waals surface area contributed by atoms with Crippen LogP contribution in [0.1, 0.15) is 22.9 Å². The summed E-state index contributed by atoms with van der Waals surface area (Å²) in [4.78, 5) is 10.1. The summed E-state index contributed by atoms with van der Waals surface area (Å²) < 4.78 is 6.44. The van der Waals surface area contributed by atoms with Gasteiger partial charge in [0, 0.05) is 21.9 Å². The summed E-state index contributed by atoms with van der Waals surface area (Å²) >= 11 is 0. The summed E-state index contributed by atoms with van der Waals surface area (Å²) in [5.41, 5.74) is 6.95. The minimum atomic E-state index is -0.363. The topological polar surface area (TPSA) is 49.9 Å². The largest absolute Gasteiger partial charge is 0.456 e. The van der Waals surface area contributed by atoms with Crippen molar-refractivity contribution in [2.75, 3.05) is 0 Å². The van der Waals surface area contributed by atoms with E-state index in [0.717, 1.165) is 61.4 Å². The maximum absolute atomic E-state index is 6.44. The van der Waals surface area contributed by atoms with Crippen molar-refractivity contribution in [1.82, 2.24) is 5.32 Å². The number of hydrogen-bond acceptors (Lipinski definition) is 4. The summed E-state index contributed by atoms with van der Waals surface area (Å²) in [6, 6.07) is 48.1. The molecule has 0 bridgehead atoms. The maximum atomic E-state index is 6.44. The Kier molecular flexibility index (Phi) is 5.49. The van der Waals surface area contributed by atoms with Crippen LogP contribution >= 0.6 is 0 Å². The molecule has 8 rings (SSSR count). The van der Waals surface area contributed by atoms with Crippen LogP contribution in [0.25, 0.3) is 43.8 Å². The van der Waals surface area contributed by atoms with Gasteiger partial charge in [-0.3, -0.25) is 0 Å². The lowest BCUT2D eigenvalue weighted by molar-refractivity contribution is 0.669. The van der Waals surface area contributed by atoms with E-state index in [-0.39, 0.29) is 6.17 Å². The van der Waals surface area contributed by atoms with Crippen LogP contribution in [0, 0.1) is 0 Å². The number of furan rings is 1. The van der Waals surface area contributed by atoms with Gasteiger partial charge in [0.25, 0.3) is 0 Å². The highest BCUT2D eigenvalue weighted by atomic mass is 16.3. The van der Waals surface area contributed by atoms with E-state index in [1.54, 1.807) is 0 Å². The van der Waals surface area contributed by atoms with Crippen LogP contribution in [0.2, 0.25) is 0 Å². The lowest BCUT2D eigenvalue weighted by Crippen LogP contribution is -2.36. The Labute approximate surface area is 237 Å². The number of benzene rings is 6. The van der Waals surface area contributed by atoms with Gasteiger partial charge in [0.05, 0.1) is 0 Å². The van der Waals surface area contributed by atoms with Crippen molar-refractivity contribution in [2.45, 2.75) is 6.17 Å². The number of amidine groups is 2. The van der Waals surface area contributed by atoms with Crippen molar-refractivity contribution in [2.24, 2.45) is 9.98 Å². The van der Waals surface area contributed by atoms with Crippen molar-refractivity contribution >= 4 is 44.4 Å². The number of hydrogen-bond donors (Lipinski definition) is 1. The van der Waals surface area contributed by atoms with Gasteiger partial charge in [-0.05, 0) is 51.7 Å². The molecule has 1 aromatic heterocycles. The fourth-order valence-electron chi connectivity index (χ4n) is 5.69. The molecule has 0 aliphatic carbocycles. The minimum absolute atomic E-state index is 0.363. The molecule has 1 aliphatic heterocycles. The van der Waals surface area contributed by atoms with Gasteiger partial charge in [0.2, 0.25) is 0 Å². The Morgan fingerprint density at radius 3 is 2.02 bits per heavy atom. The molecule has 2 heterocycles. The molecule has 194 valence electrons. The molecule has 7 aromatic rings. The smallest absolute Gasteiger partial charge is 0.169 e. The van der Waals surface area contributed by atoms with E-state index in [9.17, 15) is 0 Å². The summed E-state index contributed by atoms with van der Waals surface area (Å²) in [7, 11) is 0. The van der Waals surface area contributed by atoms with Crippen LogP contribution in [0.4, 0.5) is 0 Å². The van der Waals surface area contributed by atoms with Gasteiger partial charge in [-0.1, -0.05) is 115 Å². The van der Waals surface area contributed by atoms with Crippen molar-refractivity contribution in [3.05, 3.63) is 156 Å². The molecule has 1 unspecified atom stereocenters. The Bertz CT molecular complexity index is 2120. The van der Waals surface area contributed by atoms with E-state index in [1.807, 2.05) is 48.5 Å². The first-order valence-electron chi connectivity index (χ1n) is 13.8. The minimum Gasteiger partial charge on any atom is -0.456 e. The van der Waals surface area contributed by atoms with Gasteiger partial charge in [0.15, 0.2) is 6.17 Å². The van der Waals surface area contributed by atoms with Crippen LogP contribution in [0.3, 0.4) is 0 Å². The number of nitrogens with one attached hydrogen (secondary N) is 1. The summed E-state index contributed by atoms with van der Waals surface area (Å²) in [6.45, 7) is 0. The number of nitrogens with zero attached hydrogens (tertiary/aromatic N) is 2. The molecule has 1 aliphatic rings. The van der Waals surface area contributed by atoms with Crippen molar-refractivity contribution in [1.29, 1.82) is 0 Å². The quantitative estimate of drug-likeness (QED) is 0.248. The SMILES string of the molecule is c1ccc(C2=NC(c3ccccc3)N=C(c3cc(-c4ccc5ccccc5c4)c4c(c3)oc3ccccc34)N2)cc1. The Hall–Kier alpha value is -5.48. The second kappa shape index (κ2) is 9.61. The van der Waals surface area contributed by atoms with E-state index in [1.165, 1.54) is 10.8 Å². The zero-order valence-corrected chi connectivity index (χ0v) is 22.2. The molecule has 41 heavy (non-hydrogen) atoms. The average molecular weight is 528 g/mol. The third kappa shape index (κ3) is 4.17. The third-order valence-electron chi connectivity index (χ3n) is 7.70. The molecule has 0 spiro atoms. The van der Waals surface area contributed by atoms with Gasteiger partial charge in [-0.2, -0.15) is 0 Å². The number of para-hydroxylation sites is 1. The zero-order chi connectivity index (χ0) is 27.2. The van der Waals surface area contributed by atoms with Gasteiger partial charge in [0.1, 0.15) is 22.8 Å². The first-order chi connectivity index (χ1) is 20.3. The lowest BCUT2D eigenvalue weighted by atomic mass is 9.94. The van der Waals surface area contributed by atoms with E-state index >= 15 is 0 Å². The normalized spacial score (nSPS) is 15.1. The summed E-state index contributed by atoms with van der Waals surface area (Å²) in [5.74, 6) is 1.55. The van der Waals surface area contributed by atoms with Gasteiger partial charge < -0.3 is 9.73 Å². The molecule has 0 saturated carbocycles. The van der Waals surface area contributed by atoms with Crippen LogP contribution in [0.5, 0.6) is 0 Å². The molecule has 1 N–H and O–H groups in total. The highest BCUT2D eigenvalue weighted by Gasteiger charge is 2.23. The lowest BCUT2D eigenvalue weighted by Gasteiger charge is -2.22. The molecule has 4 heteroatoms. The van der Waals surface area contributed by atoms with Crippen LogP contribution in [-0.4, -0.2) is 11.7 Å². The van der Waals surface area contributed by atoms with E-state index in [2.05, 4.69) is 96.3 Å². The van der Waals surface area contributed by atoms with Gasteiger partial charge in [-0.25, -0.2) is 9.98 Å². The molecular formula is C37H25N3O. The van der Waals surface area contributed by atoms with Crippen LogP contribution in [-0.2, 0) is 0 Å². The number of fused-ring (bicyclic) bond motifs is 4. The van der Waals surface area contributed by atoms with Gasteiger partial charge in [-0.15, -0.1) is 0 Å². The second-order valence-corrected chi connectivity index (χ2v) is 10.3. The summed E-state index contributed by atoms with van der Waals surface area (Å²) in [6.07, 6.45) is -0.363. The predicted molar refractivity (Wildman–Crippen MR) is 168 cm³/mol. The Morgan fingerprint density at radius 1 is 0.512 bits per heavy atom. The second-order valence-electron chi connectivity index (χ2n) is 10.3. The molecular weight excluding hydrogens is 502 g/mol.